The largest absolute Gasteiger partial charge is 0.455 e. The quantitative estimate of drug-likeness (QED) is 0.457. The summed E-state index contributed by atoms with van der Waals surface area (Å²) in [5.41, 5.74) is -0.538. The third-order valence-corrected chi connectivity index (χ3v) is 9.22. The zero-order chi connectivity index (χ0) is 30.2. The number of esters is 1. The van der Waals surface area contributed by atoms with Crippen LogP contribution in [0.4, 0.5) is 0 Å². The van der Waals surface area contributed by atoms with Gasteiger partial charge in [0.05, 0.1) is 12.2 Å². The van der Waals surface area contributed by atoms with Gasteiger partial charge in [0.2, 0.25) is 5.91 Å². The number of nitrogens with zero attached hydrogens (tertiary/aromatic N) is 1. The van der Waals surface area contributed by atoms with Crippen LogP contribution in [0.2, 0.25) is 0 Å². The predicted molar refractivity (Wildman–Crippen MR) is 157 cm³/mol. The third-order valence-electron chi connectivity index (χ3n) is 9.22. The number of piperidine rings is 1. The van der Waals surface area contributed by atoms with Crippen LogP contribution in [0.5, 0.6) is 0 Å². The van der Waals surface area contributed by atoms with E-state index in [9.17, 15) is 24.3 Å². The van der Waals surface area contributed by atoms with Crippen LogP contribution in [-0.2, 0) is 28.7 Å². The van der Waals surface area contributed by atoms with Gasteiger partial charge in [0.1, 0.15) is 23.5 Å². The number of fused-ring (bicyclic) bond motifs is 3. The Bertz CT molecular complexity index is 1000. The lowest BCUT2D eigenvalue weighted by Crippen LogP contribution is -2.53. The molecule has 2 bridgehead atoms. The van der Waals surface area contributed by atoms with E-state index >= 15 is 0 Å². The summed E-state index contributed by atoms with van der Waals surface area (Å²) in [7, 11) is 0. The molecule has 1 N–H and O–H groups in total. The van der Waals surface area contributed by atoms with Gasteiger partial charge in [-0.2, -0.15) is 0 Å². The van der Waals surface area contributed by atoms with Gasteiger partial charge in [-0.25, -0.2) is 4.79 Å². The molecule has 41 heavy (non-hydrogen) atoms. The third kappa shape index (κ3) is 9.08. The van der Waals surface area contributed by atoms with E-state index in [0.29, 0.717) is 38.6 Å². The van der Waals surface area contributed by atoms with Crippen molar-refractivity contribution in [3.63, 3.8) is 0 Å². The maximum absolute atomic E-state index is 13.6. The summed E-state index contributed by atoms with van der Waals surface area (Å²) in [4.78, 5) is 53.5. The van der Waals surface area contributed by atoms with Gasteiger partial charge in [-0.1, -0.05) is 32.9 Å². The second-order valence-corrected chi connectivity index (χ2v) is 12.7. The predicted octanol–water partition coefficient (Wildman–Crippen LogP) is 5.26. The highest BCUT2D eigenvalue weighted by Gasteiger charge is 2.44. The van der Waals surface area contributed by atoms with Crippen LogP contribution in [-0.4, -0.2) is 69.9 Å². The van der Waals surface area contributed by atoms with Crippen LogP contribution in [0.15, 0.2) is 23.8 Å². The number of hydrogen-bond donors (Lipinski definition) is 1. The monoisotopic (exact) mass is 573 g/mol. The molecule has 0 saturated carbocycles. The highest BCUT2D eigenvalue weighted by molar-refractivity contribution is 5.96. The van der Waals surface area contributed by atoms with Crippen molar-refractivity contribution in [2.75, 3.05) is 6.54 Å². The Morgan fingerprint density at radius 2 is 1.85 bits per heavy atom. The number of aliphatic hydroxyl groups excluding tert-OH is 1. The first-order valence-corrected chi connectivity index (χ1v) is 15.7. The average molecular weight is 574 g/mol. The Morgan fingerprint density at radius 1 is 1.10 bits per heavy atom. The fourth-order valence-corrected chi connectivity index (χ4v) is 6.43. The van der Waals surface area contributed by atoms with E-state index in [0.717, 1.165) is 44.1 Å². The number of allylic oxidation sites excluding steroid dienone is 3. The molecule has 0 radical (unpaired) electrons. The van der Waals surface area contributed by atoms with Crippen LogP contribution in [0, 0.1) is 11.8 Å². The fraction of sp³-hybridized carbons (Fsp3) is 0.758. The van der Waals surface area contributed by atoms with Crippen LogP contribution in [0.25, 0.3) is 0 Å². The van der Waals surface area contributed by atoms with Gasteiger partial charge < -0.3 is 19.5 Å². The minimum absolute atomic E-state index is 0.0370. The van der Waals surface area contributed by atoms with Crippen molar-refractivity contribution in [1.82, 2.24) is 4.90 Å². The smallest absolute Gasteiger partial charge is 0.329 e. The number of Topliss-reactive ketones (excluding diaryl/α,β-unsaturated/α-hetero) is 2. The highest BCUT2D eigenvalue weighted by atomic mass is 16.6. The van der Waals surface area contributed by atoms with E-state index in [-0.39, 0.29) is 47.9 Å². The Morgan fingerprint density at radius 3 is 2.59 bits per heavy atom. The van der Waals surface area contributed by atoms with E-state index in [1.807, 2.05) is 26.8 Å². The van der Waals surface area contributed by atoms with E-state index in [1.54, 1.807) is 24.8 Å². The van der Waals surface area contributed by atoms with Gasteiger partial charge in [0.25, 0.3) is 0 Å². The van der Waals surface area contributed by atoms with Crippen LogP contribution in [0.1, 0.15) is 112 Å². The Labute approximate surface area is 245 Å². The number of ketones is 2. The highest BCUT2D eigenvalue weighted by Crippen LogP contribution is 2.36. The van der Waals surface area contributed by atoms with Crippen molar-refractivity contribution in [1.29, 1.82) is 0 Å². The lowest BCUT2D eigenvalue weighted by atomic mass is 9.82. The molecule has 3 aliphatic heterocycles. The van der Waals surface area contributed by atoms with Crippen LogP contribution < -0.4 is 0 Å². The van der Waals surface area contributed by atoms with Crippen molar-refractivity contribution >= 4 is 23.4 Å². The summed E-state index contributed by atoms with van der Waals surface area (Å²) in [6.45, 7) is 9.74. The molecule has 8 heteroatoms. The van der Waals surface area contributed by atoms with Gasteiger partial charge in [-0.3, -0.25) is 14.4 Å². The standard InChI is InChI=1S/C33H51NO7/c1-6-25(35)20-29(36)33(5)21-24(4)28-18-17-26(40-28)14-11-13-23(3)31(38)22(2)12-7-8-16-30(37)34-19-10-9-15-27(34)32(39)41-33/h8,13,16,22,24,26-29,36H,6-7,9-12,14-15,17-21H2,1-5H3. The number of carbonyl (C=O) groups is 4. The zero-order valence-corrected chi connectivity index (χ0v) is 25.7. The molecule has 0 aromatic rings. The number of aliphatic hydroxyl groups is 1. The molecule has 0 aromatic carbocycles. The lowest BCUT2D eigenvalue weighted by molar-refractivity contribution is -0.185. The average Bonchev–Trinajstić information content (AvgIpc) is 3.43. The Balaban J connectivity index is 1.88. The number of ether oxygens (including phenoxy) is 2. The van der Waals surface area contributed by atoms with E-state index in [2.05, 4.69) is 0 Å². The summed E-state index contributed by atoms with van der Waals surface area (Å²) >= 11 is 0. The molecule has 0 aromatic heterocycles. The minimum Gasteiger partial charge on any atom is -0.455 e. The van der Waals surface area contributed by atoms with Gasteiger partial charge in [0, 0.05) is 25.3 Å². The molecule has 1 amide bonds. The molecule has 3 aliphatic rings. The first-order chi connectivity index (χ1) is 19.4. The second kappa shape index (κ2) is 15.2. The molecule has 2 fully saturated rings. The molecule has 3 rings (SSSR count). The summed E-state index contributed by atoms with van der Waals surface area (Å²) in [6, 6.07) is -0.751. The normalized spacial score (nSPS) is 33.8. The van der Waals surface area contributed by atoms with Crippen molar-refractivity contribution < 1.29 is 33.8 Å². The van der Waals surface area contributed by atoms with Gasteiger partial charge in [-0.05, 0) is 95.6 Å². The molecular weight excluding hydrogens is 522 g/mol. The van der Waals surface area contributed by atoms with Crippen molar-refractivity contribution in [2.24, 2.45) is 11.8 Å². The lowest BCUT2D eigenvalue weighted by Gasteiger charge is -2.40. The molecule has 0 spiro atoms. The second-order valence-electron chi connectivity index (χ2n) is 12.7. The summed E-state index contributed by atoms with van der Waals surface area (Å²) in [5.74, 6) is -0.944. The number of rotatable bonds is 4. The van der Waals surface area contributed by atoms with Crippen molar-refractivity contribution in [2.45, 2.75) is 142 Å². The maximum Gasteiger partial charge on any atom is 0.329 e. The molecule has 230 valence electrons. The first kappa shape index (κ1) is 33.2. The van der Waals surface area contributed by atoms with E-state index in [4.69, 9.17) is 9.47 Å². The van der Waals surface area contributed by atoms with Gasteiger partial charge >= 0.3 is 5.97 Å². The summed E-state index contributed by atoms with van der Waals surface area (Å²) in [5, 5.41) is 11.2. The topological polar surface area (TPSA) is 110 Å². The zero-order valence-electron chi connectivity index (χ0n) is 25.7. The van der Waals surface area contributed by atoms with Crippen molar-refractivity contribution in [3.05, 3.63) is 23.8 Å². The maximum atomic E-state index is 13.6. The number of cyclic esters (lactones) is 1. The minimum atomic E-state index is -1.31. The van der Waals surface area contributed by atoms with E-state index in [1.165, 1.54) is 6.08 Å². The van der Waals surface area contributed by atoms with E-state index < -0.39 is 23.7 Å². The molecule has 3 heterocycles. The number of hydrogen-bond acceptors (Lipinski definition) is 7. The SMILES string of the molecule is CCC(=O)CC(O)C1(C)CC(C)C2CCC(CCC=C(C)C(=O)C(C)CCC=CC(=O)N3CCCCC3C(=O)O1)O2. The van der Waals surface area contributed by atoms with Crippen LogP contribution >= 0.6 is 0 Å². The summed E-state index contributed by atoms with van der Waals surface area (Å²) in [6.07, 6.45) is 11.3. The molecule has 7 unspecified atom stereocenters. The Hall–Kier alpha value is -2.32. The number of carbonyl (C=O) groups excluding carboxylic acids is 4. The number of amides is 1. The van der Waals surface area contributed by atoms with Crippen molar-refractivity contribution in [3.8, 4) is 0 Å². The van der Waals surface area contributed by atoms with Gasteiger partial charge in [-0.15, -0.1) is 0 Å². The molecule has 2 saturated heterocycles. The molecule has 8 nitrogen and oxygen atoms in total. The summed E-state index contributed by atoms with van der Waals surface area (Å²) < 4.78 is 12.5. The van der Waals surface area contributed by atoms with Crippen LogP contribution in [0.3, 0.4) is 0 Å². The fourth-order valence-electron chi connectivity index (χ4n) is 6.43. The molecule has 7 atom stereocenters. The Kier molecular flexibility index (Phi) is 12.3. The molecular formula is C33H51NO7. The first-order valence-electron chi connectivity index (χ1n) is 15.7. The molecule has 0 aliphatic carbocycles. The van der Waals surface area contributed by atoms with Gasteiger partial charge in [0.15, 0.2) is 5.78 Å².